The zero-order chi connectivity index (χ0) is 47.1. The molecule has 0 unspecified atom stereocenters. The van der Waals surface area contributed by atoms with Crippen molar-refractivity contribution in [1.29, 1.82) is 0 Å². The number of hydrogen-bond acceptors (Lipinski definition) is 15. The molecule has 23 heteroatoms. The van der Waals surface area contributed by atoms with Crippen molar-refractivity contribution in [3.8, 4) is 0 Å². The quantitative estimate of drug-likeness (QED) is 0.0595. The summed E-state index contributed by atoms with van der Waals surface area (Å²) < 4.78 is 109. The molecule has 1 N–H and O–H groups in total. The Morgan fingerprint density at radius 1 is 0.831 bits per heavy atom. The molecular weight excluding hydrogens is 955 g/mol. The van der Waals surface area contributed by atoms with E-state index in [4.69, 9.17) is 77.4 Å². The molecule has 3 aromatic carbocycles. The van der Waals surface area contributed by atoms with Crippen molar-refractivity contribution in [2.24, 2.45) is 4.99 Å². The van der Waals surface area contributed by atoms with Gasteiger partial charge in [-0.2, -0.15) is 13.2 Å². The van der Waals surface area contributed by atoms with Gasteiger partial charge in [0.1, 0.15) is 54.9 Å². The number of ether oxygens (including phenoxy) is 9. The average Bonchev–Trinajstić information content (AvgIpc) is 3.24. The number of rotatable bonds is 13. The first-order valence-electron chi connectivity index (χ1n) is 19.6. The number of nitrogens with zero attached hydrogens (tertiary/aromatic N) is 1. The Morgan fingerprint density at radius 2 is 1.49 bits per heavy atom. The summed E-state index contributed by atoms with van der Waals surface area (Å²) in [5, 5.41) is 2.68. The third-order valence-electron chi connectivity index (χ3n) is 9.74. The Bertz CT molecular complexity index is 2160. The maximum Gasteiger partial charge on any atom is 0.417 e. The highest BCUT2D eigenvalue weighted by molar-refractivity contribution is 7.99. The number of alkyl halides is 6. The second-order valence-corrected chi connectivity index (χ2v) is 18.3. The van der Waals surface area contributed by atoms with Crippen molar-refractivity contribution >= 4 is 76.8 Å². The minimum absolute atomic E-state index is 0.129. The molecule has 3 aliphatic heterocycles. The van der Waals surface area contributed by atoms with Gasteiger partial charge in [-0.15, -0.1) is 0 Å². The lowest BCUT2D eigenvalue weighted by molar-refractivity contribution is -0.343. The van der Waals surface area contributed by atoms with Gasteiger partial charge in [-0.05, 0) is 30.3 Å². The summed E-state index contributed by atoms with van der Waals surface area (Å²) in [5.74, 6) is -3.16. The second kappa shape index (κ2) is 22.0. The number of esters is 3. The lowest BCUT2D eigenvalue weighted by Crippen LogP contribution is -2.69. The van der Waals surface area contributed by atoms with Gasteiger partial charge < -0.3 is 47.9 Å². The number of carbonyl (C=O) groups is 4. The number of benzene rings is 3. The number of carbonyl (C=O) groups excluding carboxylic acids is 4. The molecule has 11 atom stereocenters. The Morgan fingerprint density at radius 3 is 2.14 bits per heavy atom. The number of nitrogens with one attached hydrogen (secondary N) is 1. The summed E-state index contributed by atoms with van der Waals surface area (Å²) in [6.45, 7) is 1.70. The van der Waals surface area contributed by atoms with Gasteiger partial charge in [0.25, 0.3) is 0 Å². The maximum atomic E-state index is 14.2. The SMILES string of the molecule is CC(=O)OC[C@H]1O[C@H](O[C@@H]2[C@@H](NC(=O)OCC(Cl)(Cl)Cl)[C@H](Sc3ccc(F)cc3)O[C@@H]3CO[C@@H](c4ccccc4)O[C@@H]23)[C@H](N=Cc2ccccc2C(F)(F)F)[C@@H](OC(C)=O)[C@@H]1OC(C)=O. The van der Waals surface area contributed by atoms with Gasteiger partial charge in [0.15, 0.2) is 24.8 Å². The highest BCUT2D eigenvalue weighted by Gasteiger charge is 2.57. The van der Waals surface area contributed by atoms with Crippen LogP contribution >= 0.6 is 46.6 Å². The minimum atomic E-state index is -4.83. The van der Waals surface area contributed by atoms with E-state index in [1.165, 1.54) is 36.4 Å². The van der Waals surface area contributed by atoms with Crippen LogP contribution in [0.25, 0.3) is 0 Å². The van der Waals surface area contributed by atoms with Gasteiger partial charge in [0, 0.05) is 43.0 Å². The zero-order valence-corrected chi connectivity index (χ0v) is 37.4. The van der Waals surface area contributed by atoms with Crippen LogP contribution in [-0.4, -0.2) is 114 Å². The van der Waals surface area contributed by atoms with Crippen LogP contribution in [0.5, 0.6) is 0 Å². The molecule has 3 aliphatic rings. The average molecular weight is 996 g/mol. The first-order chi connectivity index (χ1) is 30.8. The predicted molar refractivity (Wildman–Crippen MR) is 224 cm³/mol. The van der Waals surface area contributed by atoms with Crippen LogP contribution < -0.4 is 5.32 Å². The van der Waals surface area contributed by atoms with Crippen molar-refractivity contribution in [1.82, 2.24) is 5.32 Å². The van der Waals surface area contributed by atoms with Crippen LogP contribution in [0, 0.1) is 5.82 Å². The Labute approximate surface area is 388 Å². The van der Waals surface area contributed by atoms with Gasteiger partial charge in [-0.1, -0.05) is 95.1 Å². The number of thioether (sulfide) groups is 1. The summed E-state index contributed by atoms with van der Waals surface area (Å²) in [6, 6.07) is 15.5. The van der Waals surface area contributed by atoms with Crippen LogP contribution in [0.4, 0.5) is 22.4 Å². The van der Waals surface area contributed by atoms with Crippen LogP contribution in [0.2, 0.25) is 0 Å². The molecular formula is C42H41Cl3F4N2O13S. The van der Waals surface area contributed by atoms with Crippen LogP contribution in [0.1, 0.15) is 43.8 Å². The summed E-state index contributed by atoms with van der Waals surface area (Å²) in [7, 11) is 0. The van der Waals surface area contributed by atoms with Crippen molar-refractivity contribution < 1.29 is 79.4 Å². The van der Waals surface area contributed by atoms with E-state index in [2.05, 4.69) is 10.3 Å². The first kappa shape index (κ1) is 50.2. The molecule has 3 heterocycles. The van der Waals surface area contributed by atoms with Crippen LogP contribution in [0.3, 0.4) is 0 Å². The molecule has 6 rings (SSSR count). The van der Waals surface area contributed by atoms with E-state index in [1.54, 1.807) is 30.3 Å². The standard InChI is InChI=1S/C42H41Cl3F4N2O13S/c1-21(52)56-18-29-33(59-22(2)53)35(60-23(3)54)31(50-17-25-11-7-8-12-28(25)42(47,48)49)38(61-29)64-36-32(51-40(55)58-20-41(43,44)45)39(65-27-15-13-26(46)14-16-27)62-30-19-57-37(63-34(30)36)24-9-5-4-6-10-24/h4-17,29-39H,18-20H2,1-3H3,(H,51,55)/t29-,30-,31-,32-,33-,34-,35-,36-,37-,38-,39+/m1/s1. The van der Waals surface area contributed by atoms with Gasteiger partial charge in [-0.25, -0.2) is 9.18 Å². The summed E-state index contributed by atoms with van der Waals surface area (Å²) in [6.07, 6.45) is -16.4. The van der Waals surface area contributed by atoms with Crippen molar-refractivity contribution in [2.45, 2.75) is 102 Å². The van der Waals surface area contributed by atoms with Crippen molar-refractivity contribution in [3.05, 3.63) is 101 Å². The van der Waals surface area contributed by atoms with Gasteiger partial charge in [0.2, 0.25) is 3.79 Å². The third-order valence-corrected chi connectivity index (χ3v) is 11.2. The predicted octanol–water partition coefficient (Wildman–Crippen LogP) is 7.27. The molecule has 0 aromatic heterocycles. The van der Waals surface area contributed by atoms with E-state index in [1.807, 2.05) is 0 Å². The molecule has 65 heavy (non-hydrogen) atoms. The number of fused-ring (bicyclic) bond motifs is 1. The highest BCUT2D eigenvalue weighted by atomic mass is 35.6. The Balaban J connectivity index is 1.50. The summed E-state index contributed by atoms with van der Waals surface area (Å²) in [5.41, 5.74) is -2.08. The fourth-order valence-electron chi connectivity index (χ4n) is 7.08. The molecule has 0 spiro atoms. The van der Waals surface area contributed by atoms with Crippen molar-refractivity contribution in [3.63, 3.8) is 0 Å². The topological polar surface area (TPSA) is 176 Å². The van der Waals surface area contributed by atoms with E-state index in [-0.39, 0.29) is 6.61 Å². The van der Waals surface area contributed by atoms with E-state index in [0.717, 1.165) is 50.9 Å². The number of hydrogen-bond donors (Lipinski definition) is 1. The van der Waals surface area contributed by atoms with Gasteiger partial charge in [-0.3, -0.25) is 19.4 Å². The van der Waals surface area contributed by atoms with Gasteiger partial charge >= 0.3 is 30.2 Å². The molecule has 3 aromatic rings. The normalized spacial score (nSPS) is 28.1. The largest absolute Gasteiger partial charge is 0.463 e. The van der Waals surface area contributed by atoms with E-state index < -0.39 is 131 Å². The summed E-state index contributed by atoms with van der Waals surface area (Å²) in [4.78, 5) is 56.0. The number of halogens is 7. The fraction of sp³-hybridized carbons (Fsp3) is 0.452. The number of alkyl carbamates (subject to hydrolysis) is 1. The molecule has 0 saturated carbocycles. The van der Waals surface area contributed by atoms with E-state index in [0.29, 0.717) is 10.5 Å². The summed E-state index contributed by atoms with van der Waals surface area (Å²) >= 11 is 18.7. The molecule has 3 fully saturated rings. The second-order valence-electron chi connectivity index (χ2n) is 14.6. The third kappa shape index (κ3) is 13.9. The van der Waals surface area contributed by atoms with Crippen molar-refractivity contribution in [2.75, 3.05) is 19.8 Å². The zero-order valence-electron chi connectivity index (χ0n) is 34.4. The molecule has 0 aliphatic carbocycles. The van der Waals surface area contributed by atoms with E-state index >= 15 is 0 Å². The van der Waals surface area contributed by atoms with Crippen LogP contribution in [-0.2, 0) is 63.2 Å². The fourth-order valence-corrected chi connectivity index (χ4v) is 8.38. The molecule has 15 nitrogen and oxygen atoms in total. The lowest BCUT2D eigenvalue weighted by atomic mass is 9.94. The first-order valence-corrected chi connectivity index (χ1v) is 21.6. The molecule has 3 saturated heterocycles. The van der Waals surface area contributed by atoms with E-state index in [9.17, 15) is 36.7 Å². The molecule has 352 valence electrons. The molecule has 1 amide bonds. The monoisotopic (exact) mass is 994 g/mol. The highest BCUT2D eigenvalue weighted by Crippen LogP contribution is 2.42. The van der Waals surface area contributed by atoms with Crippen LogP contribution in [0.15, 0.2) is 88.8 Å². The number of amides is 1. The minimum Gasteiger partial charge on any atom is -0.463 e. The molecule has 0 bridgehead atoms. The maximum absolute atomic E-state index is 14.2. The van der Waals surface area contributed by atoms with Gasteiger partial charge in [0.05, 0.1) is 18.2 Å². The smallest absolute Gasteiger partial charge is 0.417 e. The molecule has 0 radical (unpaired) electrons. The number of aliphatic imine (C=N–C) groups is 1. The Hall–Kier alpha value is -4.25. The Kier molecular flexibility index (Phi) is 17.0. The lowest BCUT2D eigenvalue weighted by Gasteiger charge is -2.51.